The van der Waals surface area contributed by atoms with Gasteiger partial charge >= 0.3 is 6.09 Å². The summed E-state index contributed by atoms with van der Waals surface area (Å²) in [5.74, 6) is -0.264. The predicted molar refractivity (Wildman–Crippen MR) is 92.5 cm³/mol. The smallest absolute Gasteiger partial charge is 0.410 e. The molecule has 136 valence electrons. The summed E-state index contributed by atoms with van der Waals surface area (Å²) in [4.78, 5) is 30.0. The number of aryl methyl sites for hydroxylation is 2. The van der Waals surface area contributed by atoms with Gasteiger partial charge in [-0.2, -0.15) is 0 Å². The Morgan fingerprint density at radius 2 is 2.00 bits per heavy atom. The highest BCUT2D eigenvalue weighted by atomic mass is 16.6. The average Bonchev–Trinajstić information content (AvgIpc) is 2.85. The van der Waals surface area contributed by atoms with Crippen LogP contribution in [0.3, 0.4) is 0 Å². The number of hydrogen-bond donors (Lipinski definition) is 1. The van der Waals surface area contributed by atoms with Crippen LogP contribution in [0.15, 0.2) is 10.6 Å². The molecular formula is C17H24N4O4. The van der Waals surface area contributed by atoms with Gasteiger partial charge in [-0.1, -0.05) is 5.16 Å². The van der Waals surface area contributed by atoms with E-state index in [0.717, 1.165) is 0 Å². The fraction of sp³-hybridized carbons (Fsp3) is 0.529. The van der Waals surface area contributed by atoms with E-state index in [2.05, 4.69) is 15.5 Å². The van der Waals surface area contributed by atoms with Crippen LogP contribution in [0.25, 0.3) is 11.1 Å². The van der Waals surface area contributed by atoms with E-state index >= 15 is 0 Å². The summed E-state index contributed by atoms with van der Waals surface area (Å²) in [6.45, 7) is 9.58. The minimum Gasteiger partial charge on any atom is -0.444 e. The number of fused-ring (bicyclic) bond motifs is 1. The molecule has 2 aromatic rings. The number of nitrogens with zero attached hydrogens (tertiary/aromatic N) is 3. The maximum absolute atomic E-state index is 12.5. The van der Waals surface area contributed by atoms with Gasteiger partial charge in [0.25, 0.3) is 11.6 Å². The fourth-order valence-electron chi connectivity index (χ4n) is 2.26. The molecule has 2 heterocycles. The SMILES string of the molecule is Cc1cc(C(=O)NCCN(C)C(=O)OC(C)(C)C)c2c(C)noc2n1. The van der Waals surface area contributed by atoms with E-state index in [-0.39, 0.29) is 5.91 Å². The van der Waals surface area contributed by atoms with Gasteiger partial charge in [-0.3, -0.25) is 4.79 Å². The summed E-state index contributed by atoms with van der Waals surface area (Å²) < 4.78 is 10.4. The van der Waals surface area contributed by atoms with E-state index in [1.807, 2.05) is 0 Å². The van der Waals surface area contributed by atoms with Crippen LogP contribution < -0.4 is 5.32 Å². The van der Waals surface area contributed by atoms with Gasteiger partial charge in [-0.25, -0.2) is 9.78 Å². The zero-order valence-corrected chi connectivity index (χ0v) is 15.5. The highest BCUT2D eigenvalue weighted by Gasteiger charge is 2.20. The molecule has 2 aromatic heterocycles. The van der Waals surface area contributed by atoms with Gasteiger partial charge < -0.3 is 19.5 Å². The van der Waals surface area contributed by atoms with E-state index in [0.29, 0.717) is 41.1 Å². The Morgan fingerprint density at radius 1 is 1.32 bits per heavy atom. The lowest BCUT2D eigenvalue weighted by atomic mass is 10.1. The highest BCUT2D eigenvalue weighted by molar-refractivity contribution is 6.06. The number of ether oxygens (including phenoxy) is 1. The number of amides is 2. The Bertz CT molecular complexity index is 792. The molecule has 0 fully saturated rings. The number of hydrogen-bond acceptors (Lipinski definition) is 6. The summed E-state index contributed by atoms with van der Waals surface area (Å²) in [7, 11) is 1.62. The van der Waals surface area contributed by atoms with E-state index < -0.39 is 11.7 Å². The summed E-state index contributed by atoms with van der Waals surface area (Å²) >= 11 is 0. The van der Waals surface area contributed by atoms with Crippen LogP contribution in [0.1, 0.15) is 42.5 Å². The molecule has 2 amide bonds. The third kappa shape index (κ3) is 4.68. The molecule has 0 aliphatic rings. The molecule has 8 heteroatoms. The normalized spacial score (nSPS) is 11.4. The lowest BCUT2D eigenvalue weighted by Gasteiger charge is -2.24. The molecule has 0 saturated heterocycles. The van der Waals surface area contributed by atoms with Gasteiger partial charge in [0.1, 0.15) is 5.60 Å². The molecule has 0 atom stereocenters. The van der Waals surface area contributed by atoms with Crippen LogP contribution in [0.4, 0.5) is 4.79 Å². The Kier molecular flexibility index (Phi) is 5.30. The van der Waals surface area contributed by atoms with Gasteiger partial charge in [0, 0.05) is 25.8 Å². The number of rotatable bonds is 4. The van der Waals surface area contributed by atoms with Crippen molar-refractivity contribution in [1.82, 2.24) is 20.4 Å². The molecule has 8 nitrogen and oxygen atoms in total. The van der Waals surface area contributed by atoms with Crippen molar-refractivity contribution in [2.24, 2.45) is 0 Å². The van der Waals surface area contributed by atoms with Crippen LogP contribution in [0.2, 0.25) is 0 Å². The summed E-state index contributed by atoms with van der Waals surface area (Å²) in [5.41, 5.74) is 1.52. The Balaban J connectivity index is 2.00. The first kappa shape index (κ1) is 18.7. The molecule has 0 aliphatic carbocycles. The van der Waals surface area contributed by atoms with Crippen molar-refractivity contribution in [3.63, 3.8) is 0 Å². The lowest BCUT2D eigenvalue weighted by molar-refractivity contribution is 0.0299. The van der Waals surface area contributed by atoms with Crippen LogP contribution in [-0.4, -0.2) is 52.8 Å². The van der Waals surface area contributed by atoms with Gasteiger partial charge in [0.15, 0.2) is 0 Å². The van der Waals surface area contributed by atoms with E-state index in [1.165, 1.54) is 4.90 Å². The highest BCUT2D eigenvalue weighted by Crippen LogP contribution is 2.21. The van der Waals surface area contributed by atoms with Crippen LogP contribution in [-0.2, 0) is 4.74 Å². The Labute approximate surface area is 146 Å². The van der Waals surface area contributed by atoms with Crippen LogP contribution in [0.5, 0.6) is 0 Å². The number of pyridine rings is 1. The minimum atomic E-state index is -0.555. The molecule has 0 bridgehead atoms. The zero-order chi connectivity index (χ0) is 18.8. The average molecular weight is 348 g/mol. The molecule has 0 aliphatic heterocycles. The maximum atomic E-state index is 12.5. The van der Waals surface area contributed by atoms with Gasteiger partial charge in [-0.15, -0.1) is 0 Å². The Morgan fingerprint density at radius 3 is 2.64 bits per heavy atom. The van der Waals surface area contributed by atoms with Crippen molar-refractivity contribution < 1.29 is 18.8 Å². The minimum absolute atomic E-state index is 0.264. The second-order valence-electron chi connectivity index (χ2n) is 6.92. The molecule has 0 radical (unpaired) electrons. The molecule has 0 saturated carbocycles. The fourth-order valence-corrected chi connectivity index (χ4v) is 2.26. The molecule has 2 rings (SSSR count). The van der Waals surface area contributed by atoms with Crippen LogP contribution >= 0.6 is 0 Å². The van der Waals surface area contributed by atoms with Gasteiger partial charge in [0.2, 0.25) is 0 Å². The van der Waals surface area contributed by atoms with E-state index in [4.69, 9.17) is 9.26 Å². The van der Waals surface area contributed by atoms with Crippen molar-refractivity contribution in [2.75, 3.05) is 20.1 Å². The molecule has 0 spiro atoms. The predicted octanol–water partition coefficient (Wildman–Crippen LogP) is 2.44. The molecule has 0 aromatic carbocycles. The lowest BCUT2D eigenvalue weighted by Crippen LogP contribution is -2.39. The standard InChI is InChI=1S/C17H24N4O4/c1-10-9-12(13-11(2)20-25-15(13)19-10)14(22)18-7-8-21(6)16(23)24-17(3,4)5/h9H,7-8H2,1-6H3,(H,18,22). The number of carbonyl (C=O) groups excluding carboxylic acids is 2. The third-order valence-corrected chi connectivity index (χ3v) is 3.43. The summed E-state index contributed by atoms with van der Waals surface area (Å²) in [5, 5.41) is 7.26. The number of aromatic nitrogens is 2. The van der Waals surface area contributed by atoms with Crippen molar-refractivity contribution in [3.05, 3.63) is 23.0 Å². The topological polar surface area (TPSA) is 97.6 Å². The molecule has 1 N–H and O–H groups in total. The number of carbonyl (C=O) groups is 2. The van der Waals surface area contributed by atoms with Crippen molar-refractivity contribution >= 4 is 23.1 Å². The van der Waals surface area contributed by atoms with Crippen molar-refractivity contribution in [1.29, 1.82) is 0 Å². The summed E-state index contributed by atoms with van der Waals surface area (Å²) in [6, 6.07) is 1.69. The van der Waals surface area contributed by atoms with E-state index in [1.54, 1.807) is 47.7 Å². The molecular weight excluding hydrogens is 324 g/mol. The number of likely N-dealkylation sites (N-methyl/N-ethyl adjacent to an activating group) is 1. The van der Waals surface area contributed by atoms with Gasteiger partial charge in [-0.05, 0) is 40.7 Å². The first-order chi connectivity index (χ1) is 11.6. The second kappa shape index (κ2) is 7.08. The van der Waals surface area contributed by atoms with Crippen LogP contribution in [0, 0.1) is 13.8 Å². The maximum Gasteiger partial charge on any atom is 0.410 e. The Hall–Kier alpha value is -2.64. The molecule has 25 heavy (non-hydrogen) atoms. The first-order valence-electron chi connectivity index (χ1n) is 8.04. The quantitative estimate of drug-likeness (QED) is 0.911. The molecule has 0 unspecified atom stereocenters. The second-order valence-corrected chi connectivity index (χ2v) is 6.92. The zero-order valence-electron chi connectivity index (χ0n) is 15.5. The third-order valence-electron chi connectivity index (χ3n) is 3.43. The number of nitrogens with one attached hydrogen (secondary N) is 1. The van der Waals surface area contributed by atoms with E-state index in [9.17, 15) is 9.59 Å². The summed E-state index contributed by atoms with van der Waals surface area (Å²) in [6.07, 6.45) is -0.432. The first-order valence-corrected chi connectivity index (χ1v) is 8.04. The largest absolute Gasteiger partial charge is 0.444 e. The van der Waals surface area contributed by atoms with Gasteiger partial charge in [0.05, 0.1) is 16.6 Å². The monoisotopic (exact) mass is 348 g/mol. The van der Waals surface area contributed by atoms with Crippen molar-refractivity contribution in [3.8, 4) is 0 Å². The van der Waals surface area contributed by atoms with Crippen molar-refractivity contribution in [2.45, 2.75) is 40.2 Å².